The summed E-state index contributed by atoms with van der Waals surface area (Å²) in [5.74, 6) is -5.90. The summed E-state index contributed by atoms with van der Waals surface area (Å²) in [7, 11) is 1.57. The second-order valence-corrected chi connectivity index (χ2v) is 10.5. The summed E-state index contributed by atoms with van der Waals surface area (Å²) >= 11 is 6.32. The maximum Gasteiger partial charge on any atom is 0.408 e. The molecule has 0 saturated heterocycles. The number of fused-ring (bicyclic) bond motifs is 1. The van der Waals surface area contributed by atoms with Crippen molar-refractivity contribution in [3.05, 3.63) is 92.5 Å². The number of nitrogens with zero attached hydrogens (tertiary/aromatic N) is 2. The van der Waals surface area contributed by atoms with Crippen LogP contribution in [0.4, 0.5) is 27.6 Å². The first kappa shape index (κ1) is 32.4. The van der Waals surface area contributed by atoms with Gasteiger partial charge in [-0.25, -0.2) is 13.6 Å². The van der Waals surface area contributed by atoms with Gasteiger partial charge in [0, 0.05) is 42.0 Å². The molecule has 0 aliphatic heterocycles. The van der Waals surface area contributed by atoms with E-state index in [1.807, 2.05) is 5.32 Å². The van der Waals surface area contributed by atoms with E-state index < -0.39 is 59.4 Å². The number of aromatic nitrogens is 2. The lowest BCUT2D eigenvalue weighted by Gasteiger charge is -2.22. The Balaban J connectivity index is 1.65. The first-order chi connectivity index (χ1) is 20.6. The van der Waals surface area contributed by atoms with Crippen molar-refractivity contribution in [3.63, 3.8) is 0 Å². The Morgan fingerprint density at radius 1 is 1.09 bits per heavy atom. The quantitative estimate of drug-likeness (QED) is 0.194. The van der Waals surface area contributed by atoms with Crippen molar-refractivity contribution in [2.24, 2.45) is 7.05 Å². The van der Waals surface area contributed by atoms with Crippen molar-refractivity contribution in [1.82, 2.24) is 14.9 Å². The van der Waals surface area contributed by atoms with E-state index in [4.69, 9.17) is 11.6 Å². The topological polar surface area (TPSA) is 113 Å². The molecule has 232 valence electrons. The molecule has 44 heavy (non-hydrogen) atoms. The van der Waals surface area contributed by atoms with Crippen LogP contribution in [-0.2, 0) is 18.3 Å². The van der Waals surface area contributed by atoms with Gasteiger partial charge in [0.1, 0.15) is 29.3 Å². The number of hydrogen-bond acceptors (Lipinski definition) is 5. The fourth-order valence-electron chi connectivity index (χ4n) is 4.75. The minimum absolute atomic E-state index is 0.255. The highest BCUT2D eigenvalue weighted by Crippen LogP contribution is 2.31. The van der Waals surface area contributed by atoms with Crippen LogP contribution >= 0.6 is 11.6 Å². The van der Waals surface area contributed by atoms with E-state index in [1.54, 1.807) is 38.2 Å². The molecule has 1 amide bonds. The van der Waals surface area contributed by atoms with Crippen molar-refractivity contribution in [2.75, 3.05) is 5.32 Å². The summed E-state index contributed by atoms with van der Waals surface area (Å²) in [6.07, 6.45) is -3.97. The zero-order valence-corrected chi connectivity index (χ0v) is 24.3. The third kappa shape index (κ3) is 6.52. The zero-order chi connectivity index (χ0) is 32.5. The molecule has 3 N–H and O–H groups in total. The molecule has 0 bridgehead atoms. The number of nitrogens with one attached hydrogen (secondary N) is 2. The average Bonchev–Trinajstić information content (AvgIpc) is 2.95. The Hall–Kier alpha value is -4.52. The lowest BCUT2D eigenvalue weighted by molar-refractivity contribution is -0.143. The fourth-order valence-corrected chi connectivity index (χ4v) is 4.98. The second-order valence-electron chi connectivity index (χ2n) is 10.1. The summed E-state index contributed by atoms with van der Waals surface area (Å²) < 4.78 is 70.3. The van der Waals surface area contributed by atoms with Crippen molar-refractivity contribution in [1.29, 1.82) is 0 Å². The van der Waals surface area contributed by atoms with E-state index in [0.29, 0.717) is 44.9 Å². The molecule has 0 radical (unpaired) electrons. The summed E-state index contributed by atoms with van der Waals surface area (Å²) in [5, 5.41) is 14.7. The Morgan fingerprint density at radius 3 is 2.34 bits per heavy atom. The number of pyridine rings is 2. The maximum atomic E-state index is 14.8. The van der Waals surface area contributed by atoms with Crippen LogP contribution in [0.2, 0.25) is 5.02 Å². The lowest BCUT2D eigenvalue weighted by atomic mass is 9.95. The highest BCUT2D eigenvalue weighted by Gasteiger charge is 2.38. The predicted molar refractivity (Wildman–Crippen MR) is 155 cm³/mol. The molecule has 0 aliphatic rings. The van der Waals surface area contributed by atoms with Crippen LogP contribution < -0.4 is 16.2 Å². The van der Waals surface area contributed by atoms with Gasteiger partial charge in [0.05, 0.1) is 16.1 Å². The van der Waals surface area contributed by atoms with Gasteiger partial charge in [-0.05, 0) is 43.2 Å². The van der Waals surface area contributed by atoms with Gasteiger partial charge >= 0.3 is 12.1 Å². The number of alkyl halides is 3. The van der Waals surface area contributed by atoms with Crippen molar-refractivity contribution in [3.8, 4) is 11.1 Å². The number of anilines is 1. The van der Waals surface area contributed by atoms with Crippen LogP contribution in [0.5, 0.6) is 0 Å². The third-order valence-corrected chi connectivity index (χ3v) is 7.63. The van der Waals surface area contributed by atoms with Gasteiger partial charge in [0.2, 0.25) is 0 Å². The Bertz CT molecular complexity index is 1800. The van der Waals surface area contributed by atoms with E-state index in [0.717, 1.165) is 0 Å². The molecule has 2 aromatic carbocycles. The molecule has 0 aliphatic carbocycles. The van der Waals surface area contributed by atoms with Gasteiger partial charge < -0.3 is 20.3 Å². The molecule has 0 spiro atoms. The molecule has 0 unspecified atom stereocenters. The van der Waals surface area contributed by atoms with Gasteiger partial charge in [-0.15, -0.1) is 0 Å². The normalized spacial score (nSPS) is 13.0. The lowest BCUT2D eigenvalue weighted by Crippen LogP contribution is -2.43. The van der Waals surface area contributed by atoms with Gasteiger partial charge in [-0.1, -0.05) is 36.7 Å². The van der Waals surface area contributed by atoms with Gasteiger partial charge in [-0.2, -0.15) is 13.2 Å². The number of rotatable bonds is 9. The number of carbonyl (C=O) groups is 2. The minimum Gasteiger partial charge on any atom is -0.480 e. The van der Waals surface area contributed by atoms with Crippen molar-refractivity contribution in [2.45, 2.75) is 44.9 Å². The van der Waals surface area contributed by atoms with E-state index >= 15 is 0 Å². The number of amides is 1. The van der Waals surface area contributed by atoms with Crippen LogP contribution in [-0.4, -0.2) is 44.8 Å². The number of carboxylic acid groups (broad SMARTS) is 1. The Morgan fingerprint density at radius 2 is 1.75 bits per heavy atom. The predicted octanol–water partition coefficient (Wildman–Crippen LogP) is 6.02. The standard InChI is InChI=1S/C30H26ClF5N4O4/c1-4-24(30(34,35)36)38-16-11-21(32)25(22(33)12-16)27(41)39-23(29(43)44)10-15-7-8-18(26-17(15)6-5-9-37-26)19-13-20(31)14(2)40(3)28(19)42/h5-9,11-13,23-24,38H,4,10H2,1-3H3,(H,39,41)(H,43,44)/t23-,24+/m0/s1. The SMILES string of the molecule is CC[C@@H](Nc1cc(F)c(C(=O)N[C@@H](Cc2ccc(-c3cc(Cl)c(C)n(C)c3=O)c3ncccc23)C(=O)O)c(F)c1)C(F)(F)F. The van der Waals surface area contributed by atoms with Crippen LogP contribution in [0.1, 0.15) is 35.0 Å². The van der Waals surface area contributed by atoms with E-state index in [-0.39, 0.29) is 17.5 Å². The number of halogens is 6. The first-order valence-corrected chi connectivity index (χ1v) is 13.6. The highest BCUT2D eigenvalue weighted by atomic mass is 35.5. The fraction of sp³-hybridized carbons (Fsp3) is 0.267. The van der Waals surface area contributed by atoms with E-state index in [2.05, 4.69) is 10.3 Å². The molecular formula is C30H26ClF5N4O4. The molecule has 4 rings (SSSR count). The molecule has 0 saturated carbocycles. The molecule has 2 heterocycles. The van der Waals surface area contributed by atoms with Gasteiger partial charge in [-0.3, -0.25) is 14.6 Å². The molecule has 2 atom stereocenters. The summed E-state index contributed by atoms with van der Waals surface area (Å²) in [6, 6.07) is 5.14. The number of aliphatic carboxylic acids is 1. The molecule has 4 aromatic rings. The largest absolute Gasteiger partial charge is 0.480 e. The second kappa shape index (κ2) is 12.6. The maximum absolute atomic E-state index is 14.8. The number of benzene rings is 2. The molecule has 0 fully saturated rings. The van der Waals surface area contributed by atoms with E-state index in [1.165, 1.54) is 23.8 Å². The first-order valence-electron chi connectivity index (χ1n) is 13.2. The van der Waals surface area contributed by atoms with Crippen LogP contribution in [0.15, 0.2) is 53.5 Å². The highest BCUT2D eigenvalue weighted by molar-refractivity contribution is 6.31. The summed E-state index contributed by atoms with van der Waals surface area (Å²) in [6.45, 7) is 2.92. The zero-order valence-electron chi connectivity index (χ0n) is 23.5. The summed E-state index contributed by atoms with van der Waals surface area (Å²) in [5.41, 5.74) is -0.0622. The van der Waals surface area contributed by atoms with Crippen LogP contribution in [0.3, 0.4) is 0 Å². The Kier molecular flexibility index (Phi) is 9.28. The number of carboxylic acids is 1. The Labute approximate surface area is 252 Å². The molecular weight excluding hydrogens is 611 g/mol. The number of carbonyl (C=O) groups excluding carboxylic acids is 1. The van der Waals surface area contributed by atoms with E-state index in [9.17, 15) is 41.4 Å². The molecule has 14 heteroatoms. The minimum atomic E-state index is -4.69. The molecule has 8 nitrogen and oxygen atoms in total. The van der Waals surface area contributed by atoms with Crippen molar-refractivity contribution < 1.29 is 36.6 Å². The smallest absolute Gasteiger partial charge is 0.408 e. The number of hydrogen-bond donors (Lipinski definition) is 3. The van der Waals surface area contributed by atoms with Gasteiger partial charge in [0.25, 0.3) is 11.5 Å². The van der Waals surface area contributed by atoms with Crippen molar-refractivity contribution >= 4 is 40.1 Å². The third-order valence-electron chi connectivity index (χ3n) is 7.25. The van der Waals surface area contributed by atoms with Crippen LogP contribution in [0.25, 0.3) is 22.0 Å². The monoisotopic (exact) mass is 636 g/mol. The summed E-state index contributed by atoms with van der Waals surface area (Å²) in [4.78, 5) is 42.4. The average molecular weight is 637 g/mol. The molecule has 2 aromatic heterocycles. The van der Waals surface area contributed by atoms with Gasteiger partial charge in [0.15, 0.2) is 0 Å². The van der Waals surface area contributed by atoms with Crippen LogP contribution in [0, 0.1) is 18.6 Å².